The molecular weight excluding hydrogens is 266 g/mol. The molecule has 21 heavy (non-hydrogen) atoms. The maximum absolute atomic E-state index is 12.0. The van der Waals surface area contributed by atoms with Gasteiger partial charge >= 0.3 is 0 Å². The van der Waals surface area contributed by atoms with E-state index in [0.717, 1.165) is 5.69 Å². The molecule has 0 aliphatic heterocycles. The van der Waals surface area contributed by atoms with E-state index in [1.54, 1.807) is 37.2 Å². The number of nitrogen functional groups attached to an aromatic ring is 1. The van der Waals surface area contributed by atoms with E-state index in [4.69, 9.17) is 10.5 Å². The molecule has 0 heterocycles. The Morgan fingerprint density at radius 2 is 2.05 bits per heavy atom. The summed E-state index contributed by atoms with van der Waals surface area (Å²) in [5.41, 5.74) is 8.05. The van der Waals surface area contributed by atoms with Gasteiger partial charge in [0, 0.05) is 26.3 Å². The molecule has 5 nitrogen and oxygen atoms in total. The molecule has 0 bridgehead atoms. The van der Waals surface area contributed by atoms with E-state index in [-0.39, 0.29) is 11.9 Å². The molecular formula is C16H27N3O2. The molecule has 0 saturated carbocycles. The van der Waals surface area contributed by atoms with Crippen molar-refractivity contribution in [2.24, 2.45) is 5.92 Å². The number of carbonyl (C=O) groups excluding carboxylic acids is 1. The zero-order valence-electron chi connectivity index (χ0n) is 13.6. The molecule has 118 valence electrons. The van der Waals surface area contributed by atoms with Gasteiger partial charge in [-0.15, -0.1) is 0 Å². The maximum Gasteiger partial charge on any atom is 0.253 e. The van der Waals surface area contributed by atoms with Crippen molar-refractivity contribution in [3.63, 3.8) is 0 Å². The zero-order valence-corrected chi connectivity index (χ0v) is 13.6. The first-order valence-electron chi connectivity index (χ1n) is 7.32. The van der Waals surface area contributed by atoms with E-state index in [0.29, 0.717) is 30.4 Å². The summed E-state index contributed by atoms with van der Waals surface area (Å²) in [5.74, 6) is 0.355. The molecule has 1 amide bonds. The topological polar surface area (TPSA) is 67.6 Å². The third kappa shape index (κ3) is 4.93. The highest BCUT2D eigenvalue weighted by Gasteiger charge is 2.16. The van der Waals surface area contributed by atoms with E-state index < -0.39 is 0 Å². The molecule has 1 atom stereocenters. The Morgan fingerprint density at radius 1 is 1.38 bits per heavy atom. The first-order chi connectivity index (χ1) is 9.86. The minimum absolute atomic E-state index is 0.0380. The summed E-state index contributed by atoms with van der Waals surface area (Å²) in [5, 5.41) is 3.39. The van der Waals surface area contributed by atoms with Crippen molar-refractivity contribution >= 4 is 17.3 Å². The van der Waals surface area contributed by atoms with Crippen molar-refractivity contribution < 1.29 is 9.53 Å². The van der Waals surface area contributed by atoms with Gasteiger partial charge < -0.3 is 20.7 Å². The Balaban J connectivity index is 2.94. The second kappa shape index (κ2) is 7.88. The van der Waals surface area contributed by atoms with Gasteiger partial charge in [0.15, 0.2) is 0 Å². The lowest BCUT2D eigenvalue weighted by atomic mass is 10.0. The van der Waals surface area contributed by atoms with Crippen LogP contribution in [-0.2, 0) is 4.74 Å². The van der Waals surface area contributed by atoms with E-state index in [2.05, 4.69) is 19.2 Å². The van der Waals surface area contributed by atoms with Gasteiger partial charge in [-0.05, 0) is 31.0 Å². The molecule has 5 heteroatoms. The Bertz CT molecular complexity index is 473. The predicted octanol–water partition coefficient (Wildman–Crippen LogP) is 2.44. The quantitative estimate of drug-likeness (QED) is 0.758. The molecule has 0 fully saturated rings. The summed E-state index contributed by atoms with van der Waals surface area (Å²) in [6, 6.07) is 5.46. The molecule has 1 aromatic rings. The standard InChI is InChI=1S/C16H27N3O2/c1-6-21-10-15(11(2)3)18-14-9-12(7-8-13(14)17)16(20)19(4)5/h7-9,11,15,18H,6,10,17H2,1-5H3. The number of nitrogens with zero attached hydrogens (tertiary/aromatic N) is 1. The first-order valence-corrected chi connectivity index (χ1v) is 7.32. The third-order valence-corrected chi connectivity index (χ3v) is 3.35. The predicted molar refractivity (Wildman–Crippen MR) is 87.6 cm³/mol. The van der Waals surface area contributed by atoms with Gasteiger partial charge in [-0.2, -0.15) is 0 Å². The summed E-state index contributed by atoms with van der Waals surface area (Å²) >= 11 is 0. The number of ether oxygens (including phenoxy) is 1. The van der Waals surface area contributed by atoms with Gasteiger partial charge in [0.05, 0.1) is 24.0 Å². The molecule has 3 N–H and O–H groups in total. The fourth-order valence-corrected chi connectivity index (χ4v) is 1.92. The Kier molecular flexibility index (Phi) is 6.49. The number of nitrogens with one attached hydrogen (secondary N) is 1. The number of rotatable bonds is 7. The minimum atomic E-state index is -0.0380. The number of benzene rings is 1. The molecule has 0 aromatic heterocycles. The Morgan fingerprint density at radius 3 is 2.57 bits per heavy atom. The van der Waals surface area contributed by atoms with Crippen LogP contribution in [0.3, 0.4) is 0 Å². The fraction of sp³-hybridized carbons (Fsp3) is 0.562. The van der Waals surface area contributed by atoms with Crippen LogP contribution >= 0.6 is 0 Å². The van der Waals surface area contributed by atoms with Crippen LogP contribution in [0.5, 0.6) is 0 Å². The highest BCUT2D eigenvalue weighted by molar-refractivity contribution is 5.95. The van der Waals surface area contributed by atoms with Crippen molar-refractivity contribution in [1.29, 1.82) is 0 Å². The normalized spacial score (nSPS) is 12.3. The molecule has 1 aromatic carbocycles. The number of hydrogen-bond donors (Lipinski definition) is 2. The van der Waals surface area contributed by atoms with Crippen LogP contribution in [0.25, 0.3) is 0 Å². The van der Waals surface area contributed by atoms with Crippen LogP contribution < -0.4 is 11.1 Å². The molecule has 1 unspecified atom stereocenters. The van der Waals surface area contributed by atoms with Crippen molar-refractivity contribution in [3.05, 3.63) is 23.8 Å². The van der Waals surface area contributed by atoms with E-state index in [1.165, 1.54) is 0 Å². The number of hydrogen-bond acceptors (Lipinski definition) is 4. The summed E-state index contributed by atoms with van der Waals surface area (Å²) in [7, 11) is 3.47. The van der Waals surface area contributed by atoms with Crippen molar-refractivity contribution in [2.45, 2.75) is 26.8 Å². The van der Waals surface area contributed by atoms with Gasteiger partial charge in [-0.3, -0.25) is 4.79 Å². The van der Waals surface area contributed by atoms with Gasteiger partial charge in [-0.1, -0.05) is 13.8 Å². The van der Waals surface area contributed by atoms with Crippen LogP contribution in [0.1, 0.15) is 31.1 Å². The Labute approximate surface area is 127 Å². The molecule has 1 rings (SSSR count). The smallest absolute Gasteiger partial charge is 0.253 e. The minimum Gasteiger partial charge on any atom is -0.397 e. The van der Waals surface area contributed by atoms with Crippen molar-refractivity contribution in [1.82, 2.24) is 4.90 Å². The van der Waals surface area contributed by atoms with Crippen LogP contribution in [0.2, 0.25) is 0 Å². The Hall–Kier alpha value is -1.75. The second-order valence-electron chi connectivity index (χ2n) is 5.66. The van der Waals surface area contributed by atoms with E-state index in [9.17, 15) is 4.79 Å². The lowest BCUT2D eigenvalue weighted by Gasteiger charge is -2.24. The molecule has 0 aliphatic carbocycles. The van der Waals surface area contributed by atoms with Crippen molar-refractivity contribution in [3.8, 4) is 0 Å². The average Bonchev–Trinajstić information content (AvgIpc) is 2.44. The average molecular weight is 293 g/mol. The molecule has 0 radical (unpaired) electrons. The lowest BCUT2D eigenvalue weighted by Crippen LogP contribution is -2.31. The van der Waals surface area contributed by atoms with Gasteiger partial charge in [0.25, 0.3) is 5.91 Å². The first kappa shape index (κ1) is 17.3. The van der Waals surface area contributed by atoms with Crippen molar-refractivity contribution in [2.75, 3.05) is 38.4 Å². The van der Waals surface area contributed by atoms with Crippen LogP contribution in [0.15, 0.2) is 18.2 Å². The third-order valence-electron chi connectivity index (χ3n) is 3.35. The van der Waals surface area contributed by atoms with Crippen LogP contribution in [0, 0.1) is 5.92 Å². The van der Waals surface area contributed by atoms with Gasteiger partial charge in [0.2, 0.25) is 0 Å². The largest absolute Gasteiger partial charge is 0.397 e. The second-order valence-corrected chi connectivity index (χ2v) is 5.66. The summed E-state index contributed by atoms with van der Waals surface area (Å²) in [6.45, 7) is 7.52. The molecule has 0 spiro atoms. The van der Waals surface area contributed by atoms with Crippen LogP contribution in [0.4, 0.5) is 11.4 Å². The van der Waals surface area contributed by atoms with Gasteiger partial charge in [-0.25, -0.2) is 0 Å². The zero-order chi connectivity index (χ0) is 16.0. The molecule has 0 saturated heterocycles. The number of amides is 1. The summed E-state index contributed by atoms with van der Waals surface area (Å²) in [4.78, 5) is 13.6. The van der Waals surface area contributed by atoms with E-state index >= 15 is 0 Å². The lowest BCUT2D eigenvalue weighted by molar-refractivity contribution is 0.0827. The van der Waals surface area contributed by atoms with Crippen LogP contribution in [-0.4, -0.2) is 44.2 Å². The monoisotopic (exact) mass is 293 g/mol. The maximum atomic E-state index is 12.0. The van der Waals surface area contributed by atoms with E-state index in [1.807, 2.05) is 6.92 Å². The summed E-state index contributed by atoms with van der Waals surface area (Å²) < 4.78 is 5.51. The SMILES string of the molecule is CCOCC(Nc1cc(C(=O)N(C)C)ccc1N)C(C)C. The van der Waals surface area contributed by atoms with Gasteiger partial charge in [0.1, 0.15) is 0 Å². The summed E-state index contributed by atoms with van der Waals surface area (Å²) in [6.07, 6.45) is 0. The number of anilines is 2. The number of nitrogens with two attached hydrogens (primary N) is 1. The highest BCUT2D eigenvalue weighted by Crippen LogP contribution is 2.23. The number of carbonyl (C=O) groups is 1. The molecule has 0 aliphatic rings. The fourth-order valence-electron chi connectivity index (χ4n) is 1.92. The highest BCUT2D eigenvalue weighted by atomic mass is 16.5.